The summed E-state index contributed by atoms with van der Waals surface area (Å²) in [5.41, 5.74) is 1.68. The number of anilines is 1. The van der Waals surface area contributed by atoms with E-state index in [2.05, 4.69) is 25.6 Å². The van der Waals surface area contributed by atoms with Crippen LogP contribution in [-0.4, -0.2) is 54.3 Å². The van der Waals surface area contributed by atoms with Crippen molar-refractivity contribution < 1.29 is 22.7 Å². The number of rotatable bonds is 10. The molecule has 1 fully saturated rings. The zero-order chi connectivity index (χ0) is 30.3. The minimum absolute atomic E-state index is 0.0809. The number of methoxy groups -OCH3 is 1. The second-order valence-electron chi connectivity index (χ2n) is 11.4. The topological polar surface area (TPSA) is 132 Å². The Kier molecular flexibility index (Phi) is 10.3. The quantitative estimate of drug-likeness (QED) is 0.301. The lowest BCUT2D eigenvalue weighted by molar-refractivity contribution is 0.0492. The molecule has 0 radical (unpaired) electrons. The Balaban J connectivity index is 1.27. The lowest BCUT2D eigenvalue weighted by Gasteiger charge is -2.30. The van der Waals surface area contributed by atoms with Crippen LogP contribution in [0.15, 0.2) is 53.7 Å². The van der Waals surface area contributed by atoms with Crippen LogP contribution in [0.1, 0.15) is 63.3 Å². The van der Waals surface area contributed by atoms with Gasteiger partial charge in [0.1, 0.15) is 5.60 Å². The Morgan fingerprint density at radius 2 is 1.67 bits per heavy atom. The van der Waals surface area contributed by atoms with Gasteiger partial charge in [0, 0.05) is 30.0 Å². The van der Waals surface area contributed by atoms with Crippen molar-refractivity contribution in [3.8, 4) is 5.88 Å². The van der Waals surface area contributed by atoms with Gasteiger partial charge in [-0.15, -0.1) is 0 Å². The molecular weight excluding hydrogens is 578 g/mol. The van der Waals surface area contributed by atoms with E-state index < -0.39 is 15.4 Å². The molecule has 0 aliphatic heterocycles. The van der Waals surface area contributed by atoms with Gasteiger partial charge in [-0.05, 0) is 83.1 Å². The third-order valence-electron chi connectivity index (χ3n) is 6.87. The maximum absolute atomic E-state index is 12.9. The number of ether oxygens (including phenoxy) is 2. The number of pyridine rings is 1. The number of carbonyl (C=O) groups excluding carboxylic acids is 1. The van der Waals surface area contributed by atoms with Gasteiger partial charge in [-0.1, -0.05) is 29.8 Å². The normalized spacial score (nSPS) is 17.4. The first kappa shape index (κ1) is 31.5. The van der Waals surface area contributed by atoms with E-state index in [9.17, 15) is 13.2 Å². The average Bonchev–Trinajstić information content (AvgIpc) is 2.93. The van der Waals surface area contributed by atoms with Crippen molar-refractivity contribution in [2.75, 3.05) is 12.4 Å². The molecule has 2 heterocycles. The number of benzene rings is 1. The first-order chi connectivity index (χ1) is 19.9. The highest BCUT2D eigenvalue weighted by atomic mass is 35.5. The summed E-state index contributed by atoms with van der Waals surface area (Å²) in [7, 11) is -2.14. The molecule has 1 saturated carbocycles. The summed E-state index contributed by atoms with van der Waals surface area (Å²) in [5.74, 6) is 0.681. The first-order valence-corrected chi connectivity index (χ1v) is 16.0. The molecule has 0 atom stereocenters. The van der Waals surface area contributed by atoms with E-state index in [1.165, 1.54) is 13.2 Å². The fourth-order valence-electron chi connectivity index (χ4n) is 4.80. The van der Waals surface area contributed by atoms with Crippen LogP contribution >= 0.6 is 11.6 Å². The van der Waals surface area contributed by atoms with Crippen molar-refractivity contribution >= 4 is 33.5 Å². The minimum Gasteiger partial charge on any atom is -0.481 e. The molecule has 226 valence electrons. The van der Waals surface area contributed by atoms with E-state index in [0.717, 1.165) is 36.8 Å². The van der Waals surface area contributed by atoms with E-state index in [4.69, 9.17) is 21.1 Å². The van der Waals surface area contributed by atoms with Crippen molar-refractivity contribution in [3.05, 3.63) is 70.6 Å². The van der Waals surface area contributed by atoms with Gasteiger partial charge in [0.05, 0.1) is 28.5 Å². The molecule has 42 heavy (non-hydrogen) atoms. The summed E-state index contributed by atoms with van der Waals surface area (Å²) in [6.07, 6.45) is 8.02. The maximum atomic E-state index is 12.9. The molecule has 0 bridgehead atoms. The number of aryl methyl sites for hydroxylation is 2. The van der Waals surface area contributed by atoms with Crippen LogP contribution in [0, 0.1) is 0 Å². The summed E-state index contributed by atoms with van der Waals surface area (Å²) in [5, 5.41) is 6.54. The Bertz CT molecular complexity index is 1470. The van der Waals surface area contributed by atoms with E-state index in [-0.39, 0.29) is 33.8 Å². The smallest absolute Gasteiger partial charge is 0.407 e. The first-order valence-electron chi connectivity index (χ1n) is 14.0. The number of nitrogens with zero attached hydrogens (tertiary/aromatic N) is 3. The van der Waals surface area contributed by atoms with Crippen LogP contribution in [0.25, 0.3) is 0 Å². The number of alkyl carbamates (subject to hydrolysis) is 1. The fraction of sp³-hybridized carbons (Fsp3) is 0.467. The van der Waals surface area contributed by atoms with Crippen molar-refractivity contribution in [2.24, 2.45) is 0 Å². The SMILES string of the molecule is COc1nc(CS(=O)(=O)c2ccccc2Cl)ccc1CCc1cnc(NC2CCC(NC(=O)OC(C)(C)C)CC2)nc1. The van der Waals surface area contributed by atoms with Gasteiger partial charge < -0.3 is 20.1 Å². The molecular formula is C30H38ClN5O5S. The summed E-state index contributed by atoms with van der Waals surface area (Å²) < 4.78 is 36.5. The number of sulfone groups is 1. The van der Waals surface area contributed by atoms with Crippen LogP contribution in [-0.2, 0) is 33.2 Å². The lowest BCUT2D eigenvalue weighted by Crippen LogP contribution is -2.42. The van der Waals surface area contributed by atoms with Crippen molar-refractivity contribution in [1.29, 1.82) is 0 Å². The largest absolute Gasteiger partial charge is 0.481 e. The van der Waals surface area contributed by atoms with Gasteiger partial charge in [-0.25, -0.2) is 28.2 Å². The van der Waals surface area contributed by atoms with Gasteiger partial charge >= 0.3 is 6.09 Å². The van der Waals surface area contributed by atoms with Crippen molar-refractivity contribution in [3.63, 3.8) is 0 Å². The number of halogens is 1. The average molecular weight is 616 g/mol. The van der Waals surface area contributed by atoms with Crippen LogP contribution in [0.3, 0.4) is 0 Å². The fourth-order valence-corrected chi connectivity index (χ4v) is 6.65. The Hall–Kier alpha value is -3.44. The van der Waals surface area contributed by atoms with Gasteiger partial charge in [-0.3, -0.25) is 0 Å². The highest BCUT2D eigenvalue weighted by Gasteiger charge is 2.25. The highest BCUT2D eigenvalue weighted by molar-refractivity contribution is 7.90. The standard InChI is InChI=1S/C30H38ClN5O5S/c1-30(2,3)41-29(37)36-23-15-13-22(14-16-23)35-28-32-17-20(18-33-28)9-10-21-11-12-24(34-27(21)40-4)19-42(38,39)26-8-6-5-7-25(26)31/h5-8,11-12,17-18,22-23H,9-10,13-16,19H2,1-4H3,(H,36,37)(H,32,33,35). The zero-order valence-electron chi connectivity index (χ0n) is 24.4. The van der Waals surface area contributed by atoms with Crippen LogP contribution in [0.4, 0.5) is 10.7 Å². The maximum Gasteiger partial charge on any atom is 0.407 e. The molecule has 0 spiro atoms. The molecule has 1 aliphatic carbocycles. The Morgan fingerprint density at radius 1 is 1.00 bits per heavy atom. The highest BCUT2D eigenvalue weighted by Crippen LogP contribution is 2.26. The predicted molar refractivity (Wildman–Crippen MR) is 162 cm³/mol. The van der Waals surface area contributed by atoms with E-state index in [1.807, 2.05) is 26.8 Å². The van der Waals surface area contributed by atoms with Crippen LogP contribution in [0.2, 0.25) is 5.02 Å². The summed E-state index contributed by atoms with van der Waals surface area (Å²) in [4.78, 5) is 25.5. The number of carbonyl (C=O) groups is 1. The molecule has 10 nitrogen and oxygen atoms in total. The molecule has 1 aliphatic rings. The third kappa shape index (κ3) is 9.03. The van der Waals surface area contributed by atoms with Gasteiger partial charge in [-0.2, -0.15) is 0 Å². The van der Waals surface area contributed by atoms with E-state index in [1.54, 1.807) is 36.7 Å². The van der Waals surface area contributed by atoms with E-state index >= 15 is 0 Å². The number of aromatic nitrogens is 3. The molecule has 3 aromatic rings. The molecule has 4 rings (SSSR count). The second-order valence-corrected chi connectivity index (χ2v) is 13.8. The molecule has 1 aromatic carbocycles. The Labute approximate surface area is 252 Å². The molecule has 2 aromatic heterocycles. The summed E-state index contributed by atoms with van der Waals surface area (Å²) in [6, 6.07) is 10.3. The lowest BCUT2D eigenvalue weighted by atomic mass is 9.91. The van der Waals surface area contributed by atoms with Crippen molar-refractivity contribution in [1.82, 2.24) is 20.3 Å². The number of hydrogen-bond acceptors (Lipinski definition) is 9. The molecule has 12 heteroatoms. The zero-order valence-corrected chi connectivity index (χ0v) is 26.0. The van der Waals surface area contributed by atoms with E-state index in [0.29, 0.717) is 30.4 Å². The van der Waals surface area contributed by atoms with Crippen molar-refractivity contribution in [2.45, 2.75) is 87.6 Å². The number of amides is 1. The minimum atomic E-state index is -3.66. The molecule has 1 amide bonds. The van der Waals surface area contributed by atoms with Crippen LogP contribution in [0.5, 0.6) is 5.88 Å². The summed E-state index contributed by atoms with van der Waals surface area (Å²) >= 11 is 6.10. The second kappa shape index (κ2) is 13.7. The summed E-state index contributed by atoms with van der Waals surface area (Å²) in [6.45, 7) is 5.56. The van der Waals surface area contributed by atoms with Gasteiger partial charge in [0.25, 0.3) is 0 Å². The number of nitrogens with one attached hydrogen (secondary N) is 2. The number of hydrogen-bond donors (Lipinski definition) is 2. The van der Waals surface area contributed by atoms with Crippen LogP contribution < -0.4 is 15.4 Å². The van der Waals surface area contributed by atoms with Gasteiger partial charge in [0.15, 0.2) is 9.84 Å². The molecule has 2 N–H and O–H groups in total. The molecule has 0 unspecified atom stereocenters. The van der Waals surface area contributed by atoms with Gasteiger partial charge in [0.2, 0.25) is 11.8 Å². The molecule has 0 saturated heterocycles. The predicted octanol–water partition coefficient (Wildman–Crippen LogP) is 5.54. The third-order valence-corrected chi connectivity index (χ3v) is 9.01. The Morgan fingerprint density at radius 3 is 2.31 bits per heavy atom. The monoisotopic (exact) mass is 615 g/mol.